The van der Waals surface area contributed by atoms with Gasteiger partial charge in [0.15, 0.2) is 11.5 Å². The summed E-state index contributed by atoms with van der Waals surface area (Å²) in [5, 5.41) is 16.6. The van der Waals surface area contributed by atoms with Crippen LogP contribution < -0.4 is 5.32 Å². The first-order chi connectivity index (χ1) is 15.6. The second-order valence-corrected chi connectivity index (χ2v) is 8.25. The van der Waals surface area contributed by atoms with E-state index in [0.717, 1.165) is 18.6 Å². The lowest BCUT2D eigenvalue weighted by Gasteiger charge is -2.26. The number of carbonyl (C=O) groups excluding carboxylic acids is 1. The maximum atomic E-state index is 14.2. The molecule has 0 spiro atoms. The Morgan fingerprint density at radius 2 is 2.12 bits per heavy atom. The van der Waals surface area contributed by atoms with Gasteiger partial charge in [-0.3, -0.25) is 9.69 Å². The van der Waals surface area contributed by atoms with Crippen LogP contribution in [0.5, 0.6) is 0 Å². The van der Waals surface area contributed by atoms with Crippen LogP contribution in [-0.4, -0.2) is 60.5 Å². The number of amides is 1. The highest BCUT2D eigenvalue weighted by Gasteiger charge is 2.35. The van der Waals surface area contributed by atoms with Gasteiger partial charge >= 0.3 is 6.18 Å². The van der Waals surface area contributed by atoms with Gasteiger partial charge in [-0.05, 0) is 44.9 Å². The number of aliphatic hydroxyl groups is 1. The number of halogens is 4. The minimum Gasteiger partial charge on any atom is -0.393 e. The van der Waals surface area contributed by atoms with Crippen LogP contribution in [0.15, 0.2) is 22.7 Å². The van der Waals surface area contributed by atoms with Gasteiger partial charge in [0.1, 0.15) is 5.82 Å². The first-order valence-electron chi connectivity index (χ1n) is 10.6. The van der Waals surface area contributed by atoms with Gasteiger partial charge in [-0.1, -0.05) is 11.2 Å². The summed E-state index contributed by atoms with van der Waals surface area (Å²) in [4.78, 5) is 14.8. The molecule has 1 amide bonds. The van der Waals surface area contributed by atoms with E-state index < -0.39 is 29.6 Å². The van der Waals surface area contributed by atoms with Crippen molar-refractivity contribution >= 4 is 5.91 Å². The minimum absolute atomic E-state index is 0.0146. The quantitative estimate of drug-likeness (QED) is 0.570. The van der Waals surface area contributed by atoms with Crippen molar-refractivity contribution in [1.29, 1.82) is 0 Å². The molecule has 1 fully saturated rings. The highest BCUT2D eigenvalue weighted by atomic mass is 19.4. The summed E-state index contributed by atoms with van der Waals surface area (Å²) in [7, 11) is 3.31. The fraction of sp³-hybridized carbons (Fsp3) is 0.545. The van der Waals surface area contributed by atoms with Gasteiger partial charge in [0, 0.05) is 37.4 Å². The molecule has 1 aliphatic rings. The van der Waals surface area contributed by atoms with Gasteiger partial charge in [-0.25, -0.2) is 4.39 Å². The number of hydrogen-bond donors (Lipinski definition) is 2. The normalized spacial score (nSPS) is 19.2. The molecule has 2 unspecified atom stereocenters. The highest BCUT2D eigenvalue weighted by Crippen LogP contribution is 2.35. The van der Waals surface area contributed by atoms with Crippen LogP contribution in [0.1, 0.15) is 47.3 Å². The second kappa shape index (κ2) is 10.6. The van der Waals surface area contributed by atoms with E-state index >= 15 is 0 Å². The third-order valence-corrected chi connectivity index (χ3v) is 5.63. The molecule has 7 nitrogen and oxygen atoms in total. The van der Waals surface area contributed by atoms with Gasteiger partial charge < -0.3 is 19.7 Å². The van der Waals surface area contributed by atoms with Crippen molar-refractivity contribution in [1.82, 2.24) is 15.4 Å². The molecule has 1 saturated carbocycles. The summed E-state index contributed by atoms with van der Waals surface area (Å²) in [5.74, 6) is -1.95. The molecule has 2 N–H and O–H groups in total. The average molecular weight is 473 g/mol. The molecular formula is C22H27F4N3O4. The molecule has 1 aromatic heterocycles. The lowest BCUT2D eigenvalue weighted by Crippen LogP contribution is -2.40. The smallest absolute Gasteiger partial charge is 0.393 e. The lowest BCUT2D eigenvalue weighted by atomic mass is 9.93. The van der Waals surface area contributed by atoms with Gasteiger partial charge in [-0.15, -0.1) is 0 Å². The molecule has 0 aliphatic heterocycles. The molecule has 182 valence electrons. The van der Waals surface area contributed by atoms with Crippen LogP contribution in [-0.2, 0) is 17.5 Å². The summed E-state index contributed by atoms with van der Waals surface area (Å²) >= 11 is 0. The maximum Gasteiger partial charge on any atom is 0.419 e. The van der Waals surface area contributed by atoms with E-state index in [9.17, 15) is 27.5 Å². The average Bonchev–Trinajstić information content (AvgIpc) is 3.14. The molecule has 1 heterocycles. The molecule has 1 aromatic carbocycles. The zero-order valence-corrected chi connectivity index (χ0v) is 18.4. The summed E-state index contributed by atoms with van der Waals surface area (Å²) in [6.07, 6.45) is -2.75. The summed E-state index contributed by atoms with van der Waals surface area (Å²) in [5.41, 5.74) is -1.06. The van der Waals surface area contributed by atoms with Crippen molar-refractivity contribution in [2.24, 2.45) is 0 Å². The Balaban J connectivity index is 1.92. The molecule has 0 saturated heterocycles. The van der Waals surface area contributed by atoms with Crippen molar-refractivity contribution in [3.63, 3.8) is 0 Å². The number of aliphatic hydroxyl groups excluding tert-OH is 1. The van der Waals surface area contributed by atoms with Gasteiger partial charge in [0.25, 0.3) is 5.91 Å². The van der Waals surface area contributed by atoms with E-state index in [1.165, 1.54) is 0 Å². The van der Waals surface area contributed by atoms with Gasteiger partial charge in [0.2, 0.25) is 0 Å². The van der Waals surface area contributed by atoms with Crippen LogP contribution in [0.3, 0.4) is 0 Å². The van der Waals surface area contributed by atoms with E-state index in [1.54, 1.807) is 14.2 Å². The number of nitrogens with zero attached hydrogens (tertiary/aromatic N) is 2. The Morgan fingerprint density at radius 3 is 2.76 bits per heavy atom. The highest BCUT2D eigenvalue weighted by molar-refractivity contribution is 5.95. The second-order valence-electron chi connectivity index (χ2n) is 8.25. The Hall–Kier alpha value is -2.50. The van der Waals surface area contributed by atoms with E-state index in [4.69, 9.17) is 9.26 Å². The van der Waals surface area contributed by atoms with Crippen LogP contribution >= 0.6 is 0 Å². The Kier molecular flexibility index (Phi) is 8.09. The molecule has 33 heavy (non-hydrogen) atoms. The molecule has 2 atom stereocenters. The molecule has 2 aromatic rings. The van der Waals surface area contributed by atoms with Crippen LogP contribution in [0.25, 0.3) is 11.3 Å². The molecular weight excluding hydrogens is 446 g/mol. The maximum absolute atomic E-state index is 14.2. The molecule has 0 radical (unpaired) electrons. The third-order valence-electron chi connectivity index (χ3n) is 5.63. The van der Waals surface area contributed by atoms with E-state index in [-0.39, 0.29) is 29.6 Å². The van der Waals surface area contributed by atoms with Crippen molar-refractivity contribution in [2.75, 3.05) is 27.3 Å². The summed E-state index contributed by atoms with van der Waals surface area (Å²) < 4.78 is 63.4. The topological polar surface area (TPSA) is 87.8 Å². The van der Waals surface area contributed by atoms with Crippen molar-refractivity contribution in [3.05, 3.63) is 40.8 Å². The number of hydrogen-bond acceptors (Lipinski definition) is 6. The fourth-order valence-corrected chi connectivity index (χ4v) is 3.89. The summed E-state index contributed by atoms with van der Waals surface area (Å²) in [6.45, 7) is 1.08. The molecule has 3 rings (SSSR count). The monoisotopic (exact) mass is 473 g/mol. The number of nitrogens with one attached hydrogen (secondary N) is 1. The first kappa shape index (κ1) is 25.1. The standard InChI is InChI=1S/C22H27F4N3O4/c1-29(8-9-32-2)12-16-19(21(31)27-14-4-3-5-15(30)11-14)28-33-20(16)13-6-7-17(18(23)10-13)22(24,25)26/h6-7,10,14-15,30H,3-5,8-9,11-12H2,1-2H3,(H,27,31). The zero-order chi connectivity index (χ0) is 24.2. The number of aromatic nitrogens is 1. The predicted molar refractivity (Wildman–Crippen MR) is 111 cm³/mol. The molecule has 1 aliphatic carbocycles. The number of benzene rings is 1. The number of carbonyl (C=O) groups is 1. The van der Waals surface area contributed by atoms with Gasteiger partial charge in [-0.2, -0.15) is 13.2 Å². The van der Waals surface area contributed by atoms with Crippen molar-refractivity contribution in [3.8, 4) is 11.3 Å². The molecule has 11 heteroatoms. The Morgan fingerprint density at radius 1 is 1.36 bits per heavy atom. The Labute approximate surface area is 188 Å². The number of ether oxygens (including phenoxy) is 1. The van der Waals surface area contributed by atoms with E-state index in [0.29, 0.717) is 44.0 Å². The number of likely N-dealkylation sites (N-methyl/N-ethyl adjacent to an activating group) is 1. The molecule has 0 bridgehead atoms. The van der Waals surface area contributed by atoms with Crippen LogP contribution in [0.2, 0.25) is 0 Å². The van der Waals surface area contributed by atoms with Gasteiger partial charge in [0.05, 0.1) is 18.3 Å². The minimum atomic E-state index is -4.83. The first-order valence-corrected chi connectivity index (χ1v) is 10.6. The number of methoxy groups -OCH3 is 1. The number of alkyl halides is 3. The number of rotatable bonds is 8. The SMILES string of the molecule is COCCN(C)Cc1c(C(=O)NC2CCCC(O)C2)noc1-c1ccc(C(F)(F)F)c(F)c1. The van der Waals surface area contributed by atoms with Crippen LogP contribution in [0.4, 0.5) is 17.6 Å². The third kappa shape index (κ3) is 6.30. The fourth-order valence-electron chi connectivity index (χ4n) is 3.89. The van der Waals surface area contributed by atoms with Crippen molar-refractivity contribution in [2.45, 2.75) is 50.6 Å². The van der Waals surface area contributed by atoms with E-state index in [1.807, 2.05) is 4.90 Å². The largest absolute Gasteiger partial charge is 0.419 e. The van der Waals surface area contributed by atoms with E-state index in [2.05, 4.69) is 10.5 Å². The van der Waals surface area contributed by atoms with Crippen molar-refractivity contribution < 1.29 is 36.7 Å². The predicted octanol–water partition coefficient (Wildman–Crippen LogP) is 3.61. The van der Waals surface area contributed by atoms with Crippen LogP contribution in [0, 0.1) is 5.82 Å². The lowest BCUT2D eigenvalue weighted by molar-refractivity contribution is -0.139. The zero-order valence-electron chi connectivity index (χ0n) is 18.4. The summed E-state index contributed by atoms with van der Waals surface area (Å²) in [6, 6.07) is 2.21. The Bertz CT molecular complexity index is 964.